The molecule has 112 valence electrons. The van der Waals surface area contributed by atoms with Crippen molar-refractivity contribution in [3.8, 4) is 0 Å². The predicted octanol–water partition coefficient (Wildman–Crippen LogP) is 1.99. The van der Waals surface area contributed by atoms with Gasteiger partial charge in [-0.25, -0.2) is 4.98 Å². The molecule has 3 rings (SSSR count). The number of carbonyl (C=O) groups is 1. The van der Waals surface area contributed by atoms with Gasteiger partial charge in [0.05, 0.1) is 11.3 Å². The number of thioether (sulfide) groups is 1. The highest BCUT2D eigenvalue weighted by atomic mass is 32.2. The van der Waals surface area contributed by atoms with Crippen LogP contribution in [0.3, 0.4) is 0 Å². The second-order valence-electron chi connectivity index (χ2n) is 4.73. The lowest BCUT2D eigenvalue weighted by Gasteiger charge is -2.25. The van der Waals surface area contributed by atoms with Crippen LogP contribution < -0.4 is 5.56 Å². The minimum atomic E-state index is -0.918. The van der Waals surface area contributed by atoms with Gasteiger partial charge in [0.25, 0.3) is 5.56 Å². The third-order valence-corrected chi connectivity index (χ3v) is 5.19. The van der Waals surface area contributed by atoms with Crippen LogP contribution >= 0.6 is 23.1 Å². The van der Waals surface area contributed by atoms with Gasteiger partial charge in [-0.05, 0) is 24.3 Å². The van der Waals surface area contributed by atoms with E-state index in [0.717, 1.165) is 24.6 Å². The molecular weight excluding hydrogens is 312 g/mol. The Morgan fingerprint density at radius 2 is 2.29 bits per heavy atom. The lowest BCUT2D eigenvalue weighted by Crippen LogP contribution is -2.31. The molecule has 8 heteroatoms. The van der Waals surface area contributed by atoms with E-state index in [4.69, 9.17) is 9.84 Å². The summed E-state index contributed by atoms with van der Waals surface area (Å²) >= 11 is 2.47. The maximum atomic E-state index is 12.7. The second kappa shape index (κ2) is 6.17. The number of aliphatic carboxylic acids is 1. The van der Waals surface area contributed by atoms with Crippen LogP contribution in [-0.4, -0.2) is 39.6 Å². The average Bonchev–Trinajstić information content (AvgIpc) is 2.95. The van der Waals surface area contributed by atoms with Crippen LogP contribution in [-0.2, 0) is 9.53 Å². The Hall–Kier alpha value is -1.38. The van der Waals surface area contributed by atoms with E-state index in [1.165, 1.54) is 11.3 Å². The maximum absolute atomic E-state index is 12.7. The highest BCUT2D eigenvalue weighted by Crippen LogP contribution is 2.27. The van der Waals surface area contributed by atoms with Crippen molar-refractivity contribution in [1.29, 1.82) is 0 Å². The van der Waals surface area contributed by atoms with Crippen molar-refractivity contribution in [2.75, 3.05) is 19.0 Å². The molecule has 1 aliphatic heterocycles. The molecule has 3 heterocycles. The fourth-order valence-electron chi connectivity index (χ4n) is 2.40. The summed E-state index contributed by atoms with van der Waals surface area (Å²) in [6.07, 6.45) is 1.50. The summed E-state index contributed by atoms with van der Waals surface area (Å²) in [5.74, 6) is -1.02. The number of aromatic nitrogens is 2. The molecule has 1 saturated heterocycles. The molecule has 0 aliphatic carbocycles. The fraction of sp³-hybridized carbons (Fsp3) is 0.462. The zero-order valence-corrected chi connectivity index (χ0v) is 12.8. The molecule has 0 radical (unpaired) electrons. The number of nitrogens with zero attached hydrogens (tertiary/aromatic N) is 2. The SMILES string of the molecule is O=C(O)CSc1nc2ccsc2c(=O)n1C1CCOCC1. The molecule has 0 amide bonds. The summed E-state index contributed by atoms with van der Waals surface area (Å²) in [6, 6.07) is 1.82. The summed E-state index contributed by atoms with van der Waals surface area (Å²) in [5.41, 5.74) is 0.566. The van der Waals surface area contributed by atoms with E-state index in [1.807, 2.05) is 5.38 Å². The van der Waals surface area contributed by atoms with E-state index >= 15 is 0 Å². The third-order valence-electron chi connectivity index (χ3n) is 3.36. The van der Waals surface area contributed by atoms with Crippen molar-refractivity contribution in [3.05, 3.63) is 21.8 Å². The topological polar surface area (TPSA) is 81.4 Å². The summed E-state index contributed by atoms with van der Waals surface area (Å²) < 4.78 is 7.63. The third kappa shape index (κ3) is 2.97. The molecule has 2 aromatic heterocycles. The summed E-state index contributed by atoms with van der Waals surface area (Å²) in [4.78, 5) is 28.0. The molecule has 1 aliphatic rings. The van der Waals surface area contributed by atoms with E-state index < -0.39 is 5.97 Å². The Balaban J connectivity index is 2.08. The molecule has 1 fully saturated rings. The Morgan fingerprint density at radius 3 is 3.00 bits per heavy atom. The largest absolute Gasteiger partial charge is 0.481 e. The van der Waals surface area contributed by atoms with E-state index in [2.05, 4.69) is 4.98 Å². The lowest BCUT2D eigenvalue weighted by atomic mass is 10.1. The standard InChI is InChI=1S/C13H14N2O4S2/c16-10(17)7-21-13-14-9-3-6-20-11(9)12(18)15(13)8-1-4-19-5-2-8/h3,6,8H,1-2,4-5,7H2,(H,16,17). The Labute approximate surface area is 128 Å². The first-order valence-corrected chi connectivity index (χ1v) is 8.45. The lowest BCUT2D eigenvalue weighted by molar-refractivity contribution is -0.133. The van der Waals surface area contributed by atoms with Gasteiger partial charge < -0.3 is 9.84 Å². The quantitative estimate of drug-likeness (QED) is 0.683. The predicted molar refractivity (Wildman–Crippen MR) is 81.3 cm³/mol. The number of hydrogen-bond acceptors (Lipinski definition) is 6. The maximum Gasteiger partial charge on any atom is 0.313 e. The van der Waals surface area contributed by atoms with Crippen LogP contribution in [0.1, 0.15) is 18.9 Å². The van der Waals surface area contributed by atoms with Gasteiger partial charge in [0, 0.05) is 19.3 Å². The zero-order valence-electron chi connectivity index (χ0n) is 11.2. The first-order chi connectivity index (χ1) is 10.2. The Bertz CT molecular complexity index is 719. The van der Waals surface area contributed by atoms with Gasteiger partial charge in [0.15, 0.2) is 5.16 Å². The van der Waals surface area contributed by atoms with Crippen LogP contribution in [0.25, 0.3) is 10.2 Å². The fourth-order valence-corrected chi connectivity index (χ4v) is 3.95. The summed E-state index contributed by atoms with van der Waals surface area (Å²) in [7, 11) is 0. The van der Waals surface area contributed by atoms with Crippen LogP contribution in [0, 0.1) is 0 Å². The van der Waals surface area contributed by atoms with Crippen LogP contribution in [0.15, 0.2) is 21.4 Å². The van der Waals surface area contributed by atoms with E-state index in [9.17, 15) is 9.59 Å². The Kier molecular flexibility index (Phi) is 4.27. The Morgan fingerprint density at radius 1 is 1.52 bits per heavy atom. The number of carboxylic acid groups (broad SMARTS) is 1. The summed E-state index contributed by atoms with van der Waals surface area (Å²) in [6.45, 7) is 1.23. The summed E-state index contributed by atoms with van der Waals surface area (Å²) in [5, 5.41) is 11.2. The molecule has 0 bridgehead atoms. The van der Waals surface area contributed by atoms with E-state index in [1.54, 1.807) is 10.6 Å². The molecule has 21 heavy (non-hydrogen) atoms. The number of hydrogen-bond donors (Lipinski definition) is 1. The second-order valence-corrected chi connectivity index (χ2v) is 6.59. The molecule has 0 spiro atoms. The smallest absolute Gasteiger partial charge is 0.313 e. The monoisotopic (exact) mass is 326 g/mol. The van der Waals surface area contributed by atoms with Gasteiger partial charge in [0.2, 0.25) is 0 Å². The number of carboxylic acids is 1. The molecular formula is C13H14N2O4S2. The van der Waals surface area contributed by atoms with Crippen LogP contribution in [0.4, 0.5) is 0 Å². The number of fused-ring (bicyclic) bond motifs is 1. The first kappa shape index (κ1) is 14.6. The molecule has 0 aromatic carbocycles. The van der Waals surface area contributed by atoms with Gasteiger partial charge in [-0.15, -0.1) is 11.3 Å². The van der Waals surface area contributed by atoms with E-state index in [0.29, 0.717) is 28.6 Å². The van der Waals surface area contributed by atoms with Gasteiger partial charge >= 0.3 is 5.97 Å². The highest BCUT2D eigenvalue weighted by molar-refractivity contribution is 7.99. The molecule has 0 saturated carbocycles. The number of rotatable bonds is 4. The molecule has 0 unspecified atom stereocenters. The zero-order chi connectivity index (χ0) is 14.8. The highest BCUT2D eigenvalue weighted by Gasteiger charge is 2.23. The van der Waals surface area contributed by atoms with Crippen molar-refractivity contribution < 1.29 is 14.6 Å². The minimum absolute atomic E-state index is 0.0292. The van der Waals surface area contributed by atoms with Crippen LogP contribution in [0.2, 0.25) is 0 Å². The van der Waals surface area contributed by atoms with Gasteiger partial charge in [-0.3, -0.25) is 14.2 Å². The van der Waals surface area contributed by atoms with Crippen molar-refractivity contribution in [3.63, 3.8) is 0 Å². The van der Waals surface area contributed by atoms with Gasteiger partial charge in [0.1, 0.15) is 4.70 Å². The van der Waals surface area contributed by atoms with Crippen molar-refractivity contribution in [2.45, 2.75) is 24.0 Å². The number of thiophene rings is 1. The van der Waals surface area contributed by atoms with Crippen LogP contribution in [0.5, 0.6) is 0 Å². The molecule has 6 nitrogen and oxygen atoms in total. The van der Waals surface area contributed by atoms with Crippen molar-refractivity contribution in [2.24, 2.45) is 0 Å². The van der Waals surface area contributed by atoms with Gasteiger partial charge in [-0.1, -0.05) is 11.8 Å². The normalized spacial score (nSPS) is 16.4. The van der Waals surface area contributed by atoms with Gasteiger partial charge in [-0.2, -0.15) is 0 Å². The average molecular weight is 326 g/mol. The molecule has 1 N–H and O–H groups in total. The van der Waals surface area contributed by atoms with Crippen molar-refractivity contribution in [1.82, 2.24) is 9.55 Å². The number of ether oxygens (including phenoxy) is 1. The van der Waals surface area contributed by atoms with Crippen molar-refractivity contribution >= 4 is 39.3 Å². The van der Waals surface area contributed by atoms with E-state index in [-0.39, 0.29) is 17.4 Å². The first-order valence-electron chi connectivity index (χ1n) is 6.59. The molecule has 0 atom stereocenters. The minimum Gasteiger partial charge on any atom is -0.481 e. The molecule has 2 aromatic rings.